The van der Waals surface area contributed by atoms with Crippen molar-refractivity contribution in [3.8, 4) is 0 Å². The van der Waals surface area contributed by atoms with Crippen LogP contribution >= 0.6 is 15.9 Å². The summed E-state index contributed by atoms with van der Waals surface area (Å²) in [5.74, 6) is 0.127. The third kappa shape index (κ3) is 2.25. The zero-order valence-electron chi connectivity index (χ0n) is 10.3. The van der Waals surface area contributed by atoms with Crippen LogP contribution < -0.4 is 11.1 Å². The van der Waals surface area contributed by atoms with Gasteiger partial charge in [0.1, 0.15) is 17.7 Å². The highest BCUT2D eigenvalue weighted by molar-refractivity contribution is 9.10. The average molecular weight is 332 g/mol. The molecule has 20 heavy (non-hydrogen) atoms. The van der Waals surface area contributed by atoms with Crippen LogP contribution in [-0.4, -0.2) is 10.9 Å². The minimum atomic E-state index is -0.284. The van der Waals surface area contributed by atoms with Crippen molar-refractivity contribution in [3.05, 3.63) is 52.8 Å². The van der Waals surface area contributed by atoms with Crippen molar-refractivity contribution in [1.82, 2.24) is 4.98 Å². The highest BCUT2D eigenvalue weighted by Gasteiger charge is 2.15. The number of nitrogen functional groups attached to an aromatic ring is 1. The van der Waals surface area contributed by atoms with Gasteiger partial charge in [-0.05, 0) is 28.1 Å². The number of aromatic nitrogens is 1. The third-order valence-electron chi connectivity index (χ3n) is 2.82. The summed E-state index contributed by atoms with van der Waals surface area (Å²) in [5.41, 5.74) is 7.26. The molecule has 0 saturated heterocycles. The molecule has 3 N–H and O–H groups in total. The van der Waals surface area contributed by atoms with Crippen molar-refractivity contribution < 1.29 is 9.21 Å². The highest BCUT2D eigenvalue weighted by Crippen LogP contribution is 2.25. The van der Waals surface area contributed by atoms with E-state index in [2.05, 4.69) is 26.2 Å². The van der Waals surface area contributed by atoms with E-state index >= 15 is 0 Å². The van der Waals surface area contributed by atoms with Gasteiger partial charge in [0.05, 0.1) is 21.9 Å². The monoisotopic (exact) mass is 331 g/mol. The van der Waals surface area contributed by atoms with Crippen LogP contribution in [0.4, 0.5) is 11.5 Å². The standard InChI is InChI=1S/C14H10BrN3O2/c15-11-5-8(16)6-17-13(11)18-14(19)10-7-20-12-4-2-1-3-9(10)12/h1-7H,16H2,(H,17,18,19). The number of nitrogens with two attached hydrogens (primary N) is 1. The van der Waals surface area contributed by atoms with E-state index in [1.165, 1.54) is 12.5 Å². The van der Waals surface area contributed by atoms with E-state index in [1.807, 2.05) is 24.3 Å². The molecule has 0 bridgehead atoms. The topological polar surface area (TPSA) is 81.1 Å². The van der Waals surface area contributed by atoms with Crippen molar-refractivity contribution in [1.29, 1.82) is 0 Å². The Kier molecular flexibility index (Phi) is 3.15. The largest absolute Gasteiger partial charge is 0.463 e. The number of furan rings is 1. The average Bonchev–Trinajstić information content (AvgIpc) is 2.86. The minimum Gasteiger partial charge on any atom is -0.463 e. The lowest BCUT2D eigenvalue weighted by atomic mass is 10.1. The van der Waals surface area contributed by atoms with Crippen molar-refractivity contribution in [2.75, 3.05) is 11.1 Å². The van der Waals surface area contributed by atoms with Gasteiger partial charge in [-0.2, -0.15) is 0 Å². The first-order chi connectivity index (χ1) is 9.65. The lowest BCUT2D eigenvalue weighted by Gasteiger charge is -2.05. The normalized spacial score (nSPS) is 10.7. The van der Waals surface area contributed by atoms with E-state index in [0.717, 1.165) is 5.39 Å². The van der Waals surface area contributed by atoms with Crippen LogP contribution in [0.25, 0.3) is 11.0 Å². The first-order valence-electron chi connectivity index (χ1n) is 5.84. The predicted molar refractivity (Wildman–Crippen MR) is 80.5 cm³/mol. The molecule has 0 fully saturated rings. The summed E-state index contributed by atoms with van der Waals surface area (Å²) < 4.78 is 5.97. The lowest BCUT2D eigenvalue weighted by Crippen LogP contribution is -2.13. The van der Waals surface area contributed by atoms with E-state index in [9.17, 15) is 4.79 Å². The molecule has 3 rings (SSSR count). The Morgan fingerprint density at radius 2 is 2.15 bits per heavy atom. The Balaban J connectivity index is 1.93. The number of nitrogens with one attached hydrogen (secondary N) is 1. The van der Waals surface area contributed by atoms with Crippen LogP contribution in [0.2, 0.25) is 0 Å². The number of benzene rings is 1. The van der Waals surface area contributed by atoms with E-state index in [0.29, 0.717) is 27.1 Å². The maximum absolute atomic E-state index is 12.3. The zero-order valence-corrected chi connectivity index (χ0v) is 11.8. The van der Waals surface area contributed by atoms with Crippen LogP contribution in [-0.2, 0) is 0 Å². The van der Waals surface area contributed by atoms with Crippen molar-refractivity contribution in [2.24, 2.45) is 0 Å². The van der Waals surface area contributed by atoms with Gasteiger partial charge in [0.25, 0.3) is 5.91 Å². The van der Waals surface area contributed by atoms with Crippen molar-refractivity contribution in [3.63, 3.8) is 0 Å². The number of para-hydroxylation sites is 1. The van der Waals surface area contributed by atoms with Crippen LogP contribution in [0.3, 0.4) is 0 Å². The number of amides is 1. The van der Waals surface area contributed by atoms with Crippen LogP contribution in [0.1, 0.15) is 10.4 Å². The minimum absolute atomic E-state index is 0.284. The summed E-state index contributed by atoms with van der Waals surface area (Å²) >= 11 is 3.31. The lowest BCUT2D eigenvalue weighted by molar-refractivity contribution is 0.102. The van der Waals surface area contributed by atoms with E-state index in [-0.39, 0.29) is 5.91 Å². The highest BCUT2D eigenvalue weighted by atomic mass is 79.9. The fourth-order valence-electron chi connectivity index (χ4n) is 1.87. The van der Waals surface area contributed by atoms with E-state index < -0.39 is 0 Å². The summed E-state index contributed by atoms with van der Waals surface area (Å²) in [6.45, 7) is 0. The molecule has 5 nitrogen and oxygen atoms in total. The van der Waals surface area contributed by atoms with Gasteiger partial charge in [-0.1, -0.05) is 18.2 Å². The number of halogens is 1. The molecule has 6 heteroatoms. The zero-order chi connectivity index (χ0) is 14.1. The predicted octanol–water partition coefficient (Wildman–Crippen LogP) is 3.42. The van der Waals surface area contributed by atoms with Crippen molar-refractivity contribution in [2.45, 2.75) is 0 Å². The molecule has 2 heterocycles. The molecule has 0 radical (unpaired) electrons. The first kappa shape index (κ1) is 12.7. The Labute approximate surface area is 122 Å². The molecule has 0 aliphatic rings. The molecule has 0 unspecified atom stereocenters. The molecule has 1 aromatic carbocycles. The molecule has 0 aliphatic carbocycles. The van der Waals surface area contributed by atoms with Crippen LogP contribution in [0.15, 0.2) is 51.7 Å². The molecule has 3 aromatic rings. The smallest absolute Gasteiger partial charge is 0.260 e. The maximum Gasteiger partial charge on any atom is 0.260 e. The number of anilines is 2. The van der Waals surface area contributed by atoms with Gasteiger partial charge < -0.3 is 15.5 Å². The Morgan fingerprint density at radius 3 is 2.95 bits per heavy atom. The second-order valence-corrected chi connectivity index (χ2v) is 5.05. The first-order valence-corrected chi connectivity index (χ1v) is 6.63. The molecule has 2 aromatic heterocycles. The second kappa shape index (κ2) is 4.97. The molecule has 0 saturated carbocycles. The van der Waals surface area contributed by atoms with E-state index in [4.69, 9.17) is 10.2 Å². The number of hydrogen-bond acceptors (Lipinski definition) is 4. The van der Waals surface area contributed by atoms with E-state index in [1.54, 1.807) is 6.07 Å². The number of hydrogen-bond donors (Lipinski definition) is 2. The van der Waals surface area contributed by atoms with Crippen LogP contribution in [0.5, 0.6) is 0 Å². The third-order valence-corrected chi connectivity index (χ3v) is 3.42. The fourth-order valence-corrected chi connectivity index (χ4v) is 2.34. The second-order valence-electron chi connectivity index (χ2n) is 4.20. The number of carbonyl (C=O) groups excluding carboxylic acids is 1. The molecule has 0 aliphatic heterocycles. The fraction of sp³-hybridized carbons (Fsp3) is 0. The van der Waals surface area contributed by atoms with Gasteiger partial charge in [-0.15, -0.1) is 0 Å². The Bertz CT molecular complexity index is 798. The summed E-state index contributed by atoms with van der Waals surface area (Å²) in [5, 5.41) is 3.48. The SMILES string of the molecule is Nc1cnc(NC(=O)c2coc3ccccc23)c(Br)c1. The number of carbonyl (C=O) groups is 1. The number of fused-ring (bicyclic) bond motifs is 1. The van der Waals surface area contributed by atoms with Gasteiger partial charge in [0.15, 0.2) is 0 Å². The van der Waals surface area contributed by atoms with Gasteiger partial charge in [-0.3, -0.25) is 4.79 Å². The summed E-state index contributed by atoms with van der Waals surface area (Å²) in [7, 11) is 0. The summed E-state index contributed by atoms with van der Waals surface area (Å²) in [6.07, 6.45) is 2.92. The summed E-state index contributed by atoms with van der Waals surface area (Å²) in [6, 6.07) is 9.02. The Morgan fingerprint density at radius 1 is 1.35 bits per heavy atom. The quantitative estimate of drug-likeness (QED) is 0.753. The Hall–Kier alpha value is -2.34. The number of pyridine rings is 1. The maximum atomic E-state index is 12.3. The van der Waals surface area contributed by atoms with Gasteiger partial charge in [0, 0.05) is 5.39 Å². The molecule has 0 spiro atoms. The molecular weight excluding hydrogens is 322 g/mol. The number of nitrogens with zero attached hydrogens (tertiary/aromatic N) is 1. The molecular formula is C14H10BrN3O2. The summed E-state index contributed by atoms with van der Waals surface area (Å²) in [4.78, 5) is 16.3. The molecule has 100 valence electrons. The molecule has 0 atom stereocenters. The van der Waals surface area contributed by atoms with Crippen molar-refractivity contribution >= 4 is 44.3 Å². The van der Waals surface area contributed by atoms with Gasteiger partial charge >= 0.3 is 0 Å². The van der Waals surface area contributed by atoms with Gasteiger partial charge in [0.2, 0.25) is 0 Å². The number of rotatable bonds is 2. The van der Waals surface area contributed by atoms with Crippen LogP contribution in [0, 0.1) is 0 Å². The van der Waals surface area contributed by atoms with Gasteiger partial charge in [-0.25, -0.2) is 4.98 Å². The molecule has 1 amide bonds.